The van der Waals surface area contributed by atoms with Crippen LogP contribution >= 0.6 is 12.4 Å². The molecule has 3 aromatic rings. The highest BCUT2D eigenvalue weighted by molar-refractivity contribution is 5.86. The van der Waals surface area contributed by atoms with Crippen molar-refractivity contribution >= 4 is 28.9 Å². The average Bonchev–Trinajstić information content (AvgIpc) is 2.72. The summed E-state index contributed by atoms with van der Waals surface area (Å²) in [7, 11) is 0. The van der Waals surface area contributed by atoms with Crippen LogP contribution in [0.5, 0.6) is 0 Å². The highest BCUT2D eigenvalue weighted by Crippen LogP contribution is 2.25. The van der Waals surface area contributed by atoms with Gasteiger partial charge in [-0.2, -0.15) is 0 Å². The predicted molar refractivity (Wildman–Crippen MR) is 116 cm³/mol. The minimum atomic E-state index is -0.199. The second-order valence-corrected chi connectivity index (χ2v) is 7.10. The minimum absolute atomic E-state index is 0. The van der Waals surface area contributed by atoms with E-state index in [-0.39, 0.29) is 30.3 Å². The van der Waals surface area contributed by atoms with Gasteiger partial charge in [-0.25, -0.2) is 4.39 Å². The molecule has 1 saturated heterocycles. The highest BCUT2D eigenvalue weighted by Gasteiger charge is 2.24. The first-order chi connectivity index (χ1) is 13.2. The summed E-state index contributed by atoms with van der Waals surface area (Å²) in [6.07, 6.45) is 0. The van der Waals surface area contributed by atoms with Gasteiger partial charge in [0.05, 0.1) is 19.3 Å². The Hall–Kier alpha value is -2.14. The molecule has 1 aliphatic heterocycles. The van der Waals surface area contributed by atoms with Crippen molar-refractivity contribution in [1.82, 2.24) is 5.32 Å². The summed E-state index contributed by atoms with van der Waals surface area (Å²) < 4.78 is 19.4. The van der Waals surface area contributed by atoms with Crippen LogP contribution in [0.15, 0.2) is 66.7 Å². The van der Waals surface area contributed by atoms with Gasteiger partial charge in [0.25, 0.3) is 0 Å². The van der Waals surface area contributed by atoms with Crippen molar-refractivity contribution in [2.75, 3.05) is 31.2 Å². The molecule has 1 N–H and O–H groups in total. The van der Waals surface area contributed by atoms with Crippen LogP contribution in [0, 0.1) is 5.82 Å². The maximum atomic E-state index is 13.7. The van der Waals surface area contributed by atoms with Gasteiger partial charge in [0.2, 0.25) is 0 Å². The predicted octanol–water partition coefficient (Wildman–Crippen LogP) is 4.96. The number of hydrogen-bond acceptors (Lipinski definition) is 3. The summed E-state index contributed by atoms with van der Waals surface area (Å²) in [5.41, 5.74) is 2.21. The molecule has 1 fully saturated rings. The van der Waals surface area contributed by atoms with Crippen molar-refractivity contribution in [3.05, 3.63) is 78.1 Å². The van der Waals surface area contributed by atoms with Crippen molar-refractivity contribution in [3.8, 4) is 0 Å². The zero-order valence-electron chi connectivity index (χ0n) is 16.0. The van der Waals surface area contributed by atoms with Crippen LogP contribution < -0.4 is 10.2 Å². The molecule has 0 spiro atoms. The van der Waals surface area contributed by atoms with E-state index >= 15 is 0 Å². The van der Waals surface area contributed by atoms with Gasteiger partial charge < -0.3 is 15.0 Å². The number of halogens is 2. The minimum Gasteiger partial charge on any atom is -0.377 e. The summed E-state index contributed by atoms with van der Waals surface area (Å²) in [5, 5.41) is 6.19. The van der Waals surface area contributed by atoms with Gasteiger partial charge >= 0.3 is 0 Å². The normalized spacial score (nSPS) is 17.9. The Kier molecular flexibility index (Phi) is 6.89. The maximum absolute atomic E-state index is 13.7. The molecule has 28 heavy (non-hydrogen) atoms. The summed E-state index contributed by atoms with van der Waals surface area (Å²) in [4.78, 5) is 2.25. The second-order valence-electron chi connectivity index (χ2n) is 7.10. The van der Waals surface area contributed by atoms with Gasteiger partial charge in [0.1, 0.15) is 5.82 Å². The Bertz CT molecular complexity index is 915. The molecular formula is C23H26ClFN2O. The molecule has 0 saturated carbocycles. The van der Waals surface area contributed by atoms with Gasteiger partial charge in [0, 0.05) is 24.8 Å². The van der Waals surface area contributed by atoms with Gasteiger partial charge in [-0.3, -0.25) is 0 Å². The number of hydrogen-bond donors (Lipinski definition) is 1. The van der Waals surface area contributed by atoms with Gasteiger partial charge in [-0.05, 0) is 41.5 Å². The third kappa shape index (κ3) is 4.46. The first-order valence-electron chi connectivity index (χ1n) is 9.53. The van der Waals surface area contributed by atoms with E-state index in [2.05, 4.69) is 59.6 Å². The molecule has 0 amide bonds. The van der Waals surface area contributed by atoms with Crippen molar-refractivity contribution in [2.45, 2.75) is 19.0 Å². The Morgan fingerprint density at radius 1 is 1.11 bits per heavy atom. The number of nitrogens with one attached hydrogen (secondary N) is 1. The summed E-state index contributed by atoms with van der Waals surface area (Å²) >= 11 is 0. The smallest absolute Gasteiger partial charge is 0.125 e. The highest BCUT2D eigenvalue weighted by atomic mass is 35.5. The molecule has 0 aliphatic carbocycles. The Balaban J connectivity index is 0.00000225. The lowest BCUT2D eigenvalue weighted by atomic mass is 9.99. The number of anilines is 1. The molecule has 1 heterocycles. The van der Waals surface area contributed by atoms with Gasteiger partial charge in [-0.1, -0.05) is 48.5 Å². The third-order valence-electron chi connectivity index (χ3n) is 5.32. The first kappa shape index (κ1) is 20.6. The van der Waals surface area contributed by atoms with E-state index < -0.39 is 0 Å². The molecular weight excluding hydrogens is 375 g/mol. The van der Waals surface area contributed by atoms with Crippen LogP contribution in [-0.4, -0.2) is 32.3 Å². The average molecular weight is 401 g/mol. The molecule has 0 bridgehead atoms. The lowest BCUT2D eigenvalue weighted by Crippen LogP contribution is -2.51. The second kappa shape index (κ2) is 9.37. The van der Waals surface area contributed by atoms with E-state index in [4.69, 9.17) is 4.74 Å². The zero-order chi connectivity index (χ0) is 18.6. The number of fused-ring (bicyclic) bond motifs is 1. The van der Waals surface area contributed by atoms with Crippen molar-refractivity contribution in [2.24, 2.45) is 0 Å². The molecule has 4 rings (SSSR count). The fourth-order valence-corrected chi connectivity index (χ4v) is 3.87. The third-order valence-corrected chi connectivity index (χ3v) is 5.32. The van der Waals surface area contributed by atoms with E-state index in [1.807, 2.05) is 6.07 Å². The zero-order valence-corrected chi connectivity index (χ0v) is 16.8. The molecule has 3 aromatic carbocycles. The van der Waals surface area contributed by atoms with Gasteiger partial charge in [0.15, 0.2) is 0 Å². The van der Waals surface area contributed by atoms with E-state index in [1.54, 1.807) is 12.1 Å². The van der Waals surface area contributed by atoms with E-state index in [1.165, 1.54) is 22.4 Å². The molecule has 2 unspecified atom stereocenters. The maximum Gasteiger partial charge on any atom is 0.125 e. The Morgan fingerprint density at radius 2 is 1.89 bits per heavy atom. The fraction of sp³-hybridized carbons (Fsp3) is 0.304. The van der Waals surface area contributed by atoms with Gasteiger partial charge in [-0.15, -0.1) is 12.4 Å². The Labute approximate surface area is 171 Å². The van der Waals surface area contributed by atoms with Crippen LogP contribution in [0.25, 0.3) is 10.8 Å². The summed E-state index contributed by atoms with van der Waals surface area (Å²) in [6, 6.07) is 22.1. The number of ether oxygens (including phenoxy) is 1. The standard InChI is InChI=1S/C23H25FN2O.ClH/c1-17(22-11-4-7-18-6-2-3-10-23(18)22)25-15-21-16-27-13-12-26(21)20-9-5-8-19(24)14-20;/h2-11,14,17,21,25H,12-13,15-16H2,1H3;1H. The van der Waals surface area contributed by atoms with Crippen LogP contribution in [0.4, 0.5) is 10.1 Å². The van der Waals surface area contributed by atoms with Crippen LogP contribution in [0.1, 0.15) is 18.5 Å². The largest absolute Gasteiger partial charge is 0.377 e. The van der Waals surface area contributed by atoms with Crippen LogP contribution in [0.3, 0.4) is 0 Å². The number of nitrogens with zero attached hydrogens (tertiary/aromatic N) is 1. The van der Waals surface area contributed by atoms with E-state index in [0.29, 0.717) is 13.2 Å². The number of morpholine rings is 1. The summed E-state index contributed by atoms with van der Waals surface area (Å²) in [6.45, 7) is 5.06. The monoisotopic (exact) mass is 400 g/mol. The quantitative estimate of drug-likeness (QED) is 0.655. The Morgan fingerprint density at radius 3 is 2.75 bits per heavy atom. The molecule has 148 valence electrons. The van der Waals surface area contributed by atoms with E-state index in [9.17, 15) is 4.39 Å². The topological polar surface area (TPSA) is 24.5 Å². The first-order valence-corrected chi connectivity index (χ1v) is 9.53. The number of rotatable bonds is 5. The van der Waals surface area contributed by atoms with Crippen molar-refractivity contribution < 1.29 is 9.13 Å². The lowest BCUT2D eigenvalue weighted by Gasteiger charge is -2.38. The lowest BCUT2D eigenvalue weighted by molar-refractivity contribution is 0.0930. The molecule has 5 heteroatoms. The van der Waals surface area contributed by atoms with Crippen molar-refractivity contribution in [3.63, 3.8) is 0 Å². The molecule has 1 aliphatic rings. The number of benzene rings is 3. The SMILES string of the molecule is CC(NCC1COCCN1c1cccc(F)c1)c1cccc2ccccc12.Cl. The molecule has 0 aromatic heterocycles. The molecule has 2 atom stereocenters. The molecule has 0 radical (unpaired) electrons. The fourth-order valence-electron chi connectivity index (χ4n) is 3.87. The summed E-state index contributed by atoms with van der Waals surface area (Å²) in [5.74, 6) is -0.199. The molecule has 3 nitrogen and oxygen atoms in total. The van der Waals surface area contributed by atoms with E-state index in [0.717, 1.165) is 18.8 Å². The van der Waals surface area contributed by atoms with Crippen molar-refractivity contribution in [1.29, 1.82) is 0 Å². The van der Waals surface area contributed by atoms with Crippen LogP contribution in [-0.2, 0) is 4.74 Å². The van der Waals surface area contributed by atoms with Crippen LogP contribution in [0.2, 0.25) is 0 Å².